The van der Waals surface area contributed by atoms with Gasteiger partial charge >= 0.3 is 0 Å². The number of hydrogen-bond acceptors (Lipinski definition) is 7. The molecule has 1 aliphatic heterocycles. The molecule has 4 N–H and O–H groups in total. The number of phenolic OH excluding ortho intramolecular Hbond substituents is 1. The van der Waals surface area contributed by atoms with Crippen molar-refractivity contribution in [1.29, 1.82) is 0 Å². The van der Waals surface area contributed by atoms with Crippen LogP contribution in [0.4, 0.5) is 0 Å². The second-order valence-electron chi connectivity index (χ2n) is 12.2. The number of carbonyl (C=O) groups excluding carboxylic acids is 1. The third kappa shape index (κ3) is 8.44. The normalized spacial score (nSPS) is 19.1. The van der Waals surface area contributed by atoms with Crippen LogP contribution in [0.15, 0.2) is 53.3 Å². The number of nitrogens with one attached hydrogen (secondary N) is 2. The summed E-state index contributed by atoms with van der Waals surface area (Å²) in [7, 11) is 1.77. The third-order valence-electron chi connectivity index (χ3n) is 9.19. The second-order valence-corrected chi connectivity index (χ2v) is 12.2. The Labute approximate surface area is 253 Å². The van der Waals surface area contributed by atoms with E-state index in [1.54, 1.807) is 24.1 Å². The number of aliphatic hydroxyl groups excluding tert-OH is 1. The number of ether oxygens (including phenoxy) is 1. The van der Waals surface area contributed by atoms with Crippen molar-refractivity contribution in [1.82, 2.24) is 20.1 Å². The lowest BCUT2D eigenvalue weighted by molar-refractivity contribution is -0.131. The second kappa shape index (κ2) is 15.0. The average Bonchev–Trinajstić information content (AvgIpc) is 3.61. The van der Waals surface area contributed by atoms with Gasteiger partial charge in [0.15, 0.2) is 0 Å². The summed E-state index contributed by atoms with van der Waals surface area (Å²) in [6.07, 6.45) is 5.73. The Morgan fingerprint density at radius 3 is 2.51 bits per heavy atom. The molecule has 2 aliphatic rings. The van der Waals surface area contributed by atoms with Crippen molar-refractivity contribution in [3.63, 3.8) is 0 Å². The zero-order chi connectivity index (χ0) is 30.2. The largest absolute Gasteiger partial charge is 0.506 e. The van der Waals surface area contributed by atoms with Crippen molar-refractivity contribution in [3.05, 3.63) is 75.6 Å². The number of rotatable bonds is 15. The van der Waals surface area contributed by atoms with Gasteiger partial charge < -0.3 is 35.1 Å². The summed E-state index contributed by atoms with van der Waals surface area (Å²) in [5, 5.41) is 24.5. The Morgan fingerprint density at radius 1 is 1.05 bits per heavy atom. The van der Waals surface area contributed by atoms with E-state index in [9.17, 15) is 19.8 Å². The van der Waals surface area contributed by atoms with E-state index in [0.29, 0.717) is 49.2 Å². The van der Waals surface area contributed by atoms with Gasteiger partial charge in [0.1, 0.15) is 5.75 Å². The standard InChI is InChI=1S/C34H46N4O5/c1-37(18-16-35-21-31(40)28-9-11-30(39)34-29(28)10-12-32(41)36-34)33(42)15-20-43-19-14-25-7-5-24(6-8-25)13-17-38-22-26-3-2-4-27(26)23-38/h5-12,26-27,31,35,39-40H,2-4,13-23H2,1H3,(H,36,41). The van der Waals surface area contributed by atoms with E-state index >= 15 is 0 Å². The molecule has 2 aromatic carbocycles. The van der Waals surface area contributed by atoms with Gasteiger partial charge in [0.05, 0.1) is 31.3 Å². The maximum Gasteiger partial charge on any atom is 0.248 e. The summed E-state index contributed by atoms with van der Waals surface area (Å²) in [6.45, 7) is 6.02. The molecule has 232 valence electrons. The topological polar surface area (TPSA) is 118 Å². The number of aliphatic hydroxyl groups is 1. The minimum Gasteiger partial charge on any atom is -0.506 e. The summed E-state index contributed by atoms with van der Waals surface area (Å²) in [5.41, 5.74) is 3.24. The fourth-order valence-corrected chi connectivity index (χ4v) is 6.59. The van der Waals surface area contributed by atoms with Crippen LogP contribution < -0.4 is 10.9 Å². The molecule has 0 radical (unpaired) electrons. The smallest absolute Gasteiger partial charge is 0.248 e. The monoisotopic (exact) mass is 590 g/mol. The van der Waals surface area contributed by atoms with Crippen molar-refractivity contribution < 1.29 is 19.7 Å². The number of fused-ring (bicyclic) bond motifs is 2. The van der Waals surface area contributed by atoms with Gasteiger partial charge in [0.25, 0.3) is 0 Å². The predicted octanol–water partition coefficient (Wildman–Crippen LogP) is 3.24. The lowest BCUT2D eigenvalue weighted by Gasteiger charge is -2.19. The molecule has 5 rings (SSSR count). The molecule has 2 fully saturated rings. The lowest BCUT2D eigenvalue weighted by atomic mass is 10.0. The zero-order valence-electron chi connectivity index (χ0n) is 25.3. The van der Waals surface area contributed by atoms with Crippen molar-refractivity contribution in [2.75, 3.05) is 59.5 Å². The van der Waals surface area contributed by atoms with Crippen molar-refractivity contribution in [2.45, 2.75) is 44.6 Å². The van der Waals surface area contributed by atoms with Gasteiger partial charge in [-0.3, -0.25) is 9.59 Å². The predicted molar refractivity (Wildman–Crippen MR) is 168 cm³/mol. The summed E-state index contributed by atoms with van der Waals surface area (Å²) >= 11 is 0. The van der Waals surface area contributed by atoms with Crippen LogP contribution in [0.1, 0.15) is 48.5 Å². The molecule has 3 unspecified atom stereocenters. The fraction of sp³-hybridized carbons (Fsp3) is 0.529. The highest BCUT2D eigenvalue weighted by Gasteiger charge is 2.35. The molecule has 1 saturated heterocycles. The van der Waals surface area contributed by atoms with Crippen LogP contribution in [0.2, 0.25) is 0 Å². The number of pyridine rings is 1. The van der Waals surface area contributed by atoms with Crippen molar-refractivity contribution in [2.24, 2.45) is 11.8 Å². The number of aromatic hydroxyl groups is 1. The molecule has 0 bridgehead atoms. The molecule has 43 heavy (non-hydrogen) atoms. The first kappa shape index (κ1) is 31.2. The number of amides is 1. The summed E-state index contributed by atoms with van der Waals surface area (Å²) in [6, 6.07) is 15.0. The molecule has 3 aromatic rings. The number of phenols is 1. The zero-order valence-corrected chi connectivity index (χ0v) is 25.3. The molecule has 1 amide bonds. The molecule has 9 nitrogen and oxygen atoms in total. The molecule has 3 atom stereocenters. The maximum absolute atomic E-state index is 12.5. The maximum atomic E-state index is 12.5. The van der Waals surface area contributed by atoms with Crippen molar-refractivity contribution >= 4 is 16.8 Å². The number of likely N-dealkylation sites (N-methyl/N-ethyl adjacent to an activating group) is 1. The van der Waals surface area contributed by atoms with Crippen LogP contribution in [0.25, 0.3) is 10.9 Å². The SMILES string of the molecule is CN(CCNCC(O)c1ccc(O)c2[nH]c(=O)ccc12)C(=O)CCOCCc1ccc(CCN2CC3CCCC3C2)cc1. The first-order valence-electron chi connectivity index (χ1n) is 15.7. The van der Waals surface area contributed by atoms with Gasteiger partial charge in [-0.05, 0) is 66.3 Å². The Bertz CT molecular complexity index is 1400. The Hall–Kier alpha value is -3.24. The van der Waals surface area contributed by atoms with Gasteiger partial charge in [0, 0.05) is 57.8 Å². The molecule has 0 spiro atoms. The third-order valence-corrected chi connectivity index (χ3v) is 9.19. The van der Waals surface area contributed by atoms with Crippen molar-refractivity contribution in [3.8, 4) is 5.75 Å². The highest BCUT2D eigenvalue weighted by atomic mass is 16.5. The molecule has 1 saturated carbocycles. The number of likely N-dealkylation sites (tertiary alicyclic amines) is 1. The van der Waals surface area contributed by atoms with E-state index in [4.69, 9.17) is 4.74 Å². The van der Waals surface area contributed by atoms with Gasteiger partial charge in [0.2, 0.25) is 11.5 Å². The molecule has 9 heteroatoms. The Balaban J connectivity index is 0.922. The minimum absolute atomic E-state index is 0.0156. The van der Waals surface area contributed by atoms with Crippen LogP contribution in [0.5, 0.6) is 5.75 Å². The molecule has 1 aliphatic carbocycles. The number of H-pyrrole nitrogens is 1. The number of nitrogens with zero attached hydrogens (tertiary/aromatic N) is 2. The van der Waals surface area contributed by atoms with E-state index in [1.165, 1.54) is 55.6 Å². The highest BCUT2D eigenvalue weighted by molar-refractivity contribution is 5.87. The van der Waals surface area contributed by atoms with E-state index in [1.807, 2.05) is 0 Å². The van der Waals surface area contributed by atoms with Gasteiger partial charge in [-0.1, -0.05) is 36.8 Å². The van der Waals surface area contributed by atoms with Gasteiger partial charge in [-0.25, -0.2) is 0 Å². The fourth-order valence-electron chi connectivity index (χ4n) is 6.59. The summed E-state index contributed by atoms with van der Waals surface area (Å²) in [5.74, 6) is 1.88. The number of aromatic amines is 1. The van der Waals surface area contributed by atoms with Crippen LogP contribution in [-0.2, 0) is 22.4 Å². The van der Waals surface area contributed by atoms with Crippen LogP contribution in [0.3, 0.4) is 0 Å². The number of benzene rings is 2. The highest BCUT2D eigenvalue weighted by Crippen LogP contribution is 2.37. The quantitative estimate of drug-likeness (QED) is 0.201. The number of carbonyl (C=O) groups is 1. The molecule has 2 heterocycles. The van der Waals surface area contributed by atoms with E-state index in [2.05, 4.69) is 39.5 Å². The Kier molecular flexibility index (Phi) is 10.9. The summed E-state index contributed by atoms with van der Waals surface area (Å²) < 4.78 is 5.75. The van der Waals surface area contributed by atoms with Crippen LogP contribution in [0, 0.1) is 11.8 Å². The molecular formula is C34H46N4O5. The van der Waals surface area contributed by atoms with Gasteiger partial charge in [-0.15, -0.1) is 0 Å². The first-order valence-corrected chi connectivity index (χ1v) is 15.7. The van der Waals surface area contributed by atoms with E-state index in [-0.39, 0.29) is 23.8 Å². The van der Waals surface area contributed by atoms with E-state index < -0.39 is 6.10 Å². The lowest BCUT2D eigenvalue weighted by Crippen LogP contribution is -2.35. The van der Waals surface area contributed by atoms with E-state index in [0.717, 1.165) is 31.2 Å². The number of aromatic nitrogens is 1. The van der Waals surface area contributed by atoms with Crippen LogP contribution in [-0.4, -0.2) is 90.4 Å². The summed E-state index contributed by atoms with van der Waals surface area (Å²) in [4.78, 5) is 31.0. The van der Waals surface area contributed by atoms with Gasteiger partial charge in [-0.2, -0.15) is 0 Å². The minimum atomic E-state index is -0.839. The van der Waals surface area contributed by atoms with Crippen LogP contribution >= 0.6 is 0 Å². The molecular weight excluding hydrogens is 544 g/mol. The Morgan fingerprint density at radius 2 is 1.77 bits per heavy atom. The first-order chi connectivity index (χ1) is 20.9. The average molecular weight is 591 g/mol. The number of hydrogen-bond donors (Lipinski definition) is 4. The molecule has 1 aromatic heterocycles.